The van der Waals surface area contributed by atoms with Crippen LogP contribution >= 0.6 is 22.9 Å². The van der Waals surface area contributed by atoms with Gasteiger partial charge in [0.05, 0.1) is 28.3 Å². The largest absolute Gasteiger partial charge is 0.379 e. The minimum absolute atomic E-state index is 0.0719. The summed E-state index contributed by atoms with van der Waals surface area (Å²) in [7, 11) is -3.81. The van der Waals surface area contributed by atoms with Crippen LogP contribution in [0, 0.1) is 0 Å². The summed E-state index contributed by atoms with van der Waals surface area (Å²) in [6.07, 6.45) is 0. The average molecular weight is 480 g/mol. The van der Waals surface area contributed by atoms with Crippen LogP contribution in [0.15, 0.2) is 53.4 Å². The SMILES string of the molecule is O=C(CS(=O)(=O)c1ccc(Cl)cc1)N(CCN1CCOCC1)c1nc2ccccc2s1. The standard InChI is InChI=1S/C21H22ClN3O4S2/c22-16-5-7-17(8-6-16)31(27,28)15-20(26)25(10-9-24-11-13-29-14-12-24)21-23-18-3-1-2-4-19(18)30-21/h1-8H,9-15H2. The van der Waals surface area contributed by atoms with Gasteiger partial charge >= 0.3 is 0 Å². The number of amides is 1. The second-order valence-electron chi connectivity index (χ2n) is 7.18. The number of carbonyl (C=O) groups is 1. The Morgan fingerprint density at radius 1 is 1.13 bits per heavy atom. The van der Waals surface area contributed by atoms with Crippen LogP contribution in [0.1, 0.15) is 0 Å². The molecule has 164 valence electrons. The molecule has 0 saturated carbocycles. The van der Waals surface area contributed by atoms with E-state index in [9.17, 15) is 13.2 Å². The maximum absolute atomic E-state index is 13.2. The number of para-hydroxylation sites is 1. The van der Waals surface area contributed by atoms with Crippen LogP contribution in [0.25, 0.3) is 10.2 Å². The molecule has 0 radical (unpaired) electrons. The van der Waals surface area contributed by atoms with E-state index in [0.29, 0.717) is 36.5 Å². The lowest BCUT2D eigenvalue weighted by Crippen LogP contribution is -2.44. The summed E-state index contributed by atoms with van der Waals surface area (Å²) in [6.45, 7) is 3.84. The molecular formula is C21H22ClN3O4S2. The summed E-state index contributed by atoms with van der Waals surface area (Å²) in [4.78, 5) is 21.5. The van der Waals surface area contributed by atoms with Crippen molar-refractivity contribution in [2.45, 2.75) is 4.90 Å². The molecule has 1 aliphatic rings. The average Bonchev–Trinajstić information content (AvgIpc) is 3.18. The number of fused-ring (bicyclic) bond motifs is 1. The van der Waals surface area contributed by atoms with Crippen LogP contribution in [0.2, 0.25) is 5.02 Å². The molecule has 1 aliphatic heterocycles. The van der Waals surface area contributed by atoms with Crippen molar-refractivity contribution in [1.29, 1.82) is 0 Å². The smallest absolute Gasteiger partial charge is 0.244 e. The highest BCUT2D eigenvalue weighted by Crippen LogP contribution is 2.29. The molecular weight excluding hydrogens is 458 g/mol. The van der Waals surface area contributed by atoms with E-state index in [1.54, 1.807) is 0 Å². The number of anilines is 1. The Labute approximate surface area is 190 Å². The number of rotatable bonds is 7. The van der Waals surface area contributed by atoms with Crippen molar-refractivity contribution < 1.29 is 17.9 Å². The normalized spacial score (nSPS) is 15.3. The summed E-state index contributed by atoms with van der Waals surface area (Å²) in [5.41, 5.74) is 0.784. The molecule has 10 heteroatoms. The molecule has 0 spiro atoms. The summed E-state index contributed by atoms with van der Waals surface area (Å²) in [6, 6.07) is 13.5. The summed E-state index contributed by atoms with van der Waals surface area (Å²) >= 11 is 7.24. The molecule has 0 atom stereocenters. The number of morpholine rings is 1. The monoisotopic (exact) mass is 479 g/mol. The van der Waals surface area contributed by atoms with Crippen molar-refractivity contribution in [2.75, 3.05) is 50.0 Å². The van der Waals surface area contributed by atoms with Crippen LogP contribution in [0.3, 0.4) is 0 Å². The van der Waals surface area contributed by atoms with Crippen molar-refractivity contribution >= 4 is 54.0 Å². The van der Waals surface area contributed by atoms with Crippen molar-refractivity contribution in [3.05, 3.63) is 53.6 Å². The molecule has 1 saturated heterocycles. The fourth-order valence-corrected chi connectivity index (χ4v) is 5.67. The van der Waals surface area contributed by atoms with Crippen LogP contribution in [0.4, 0.5) is 5.13 Å². The van der Waals surface area contributed by atoms with Gasteiger partial charge in [-0.2, -0.15) is 0 Å². The van der Waals surface area contributed by atoms with E-state index in [2.05, 4.69) is 9.88 Å². The highest BCUT2D eigenvalue weighted by atomic mass is 35.5. The molecule has 1 aromatic heterocycles. The lowest BCUT2D eigenvalue weighted by Gasteiger charge is -2.29. The number of hydrogen-bond donors (Lipinski definition) is 0. The number of ether oxygens (including phenoxy) is 1. The molecule has 0 unspecified atom stereocenters. The predicted octanol–water partition coefficient (Wildman–Crippen LogP) is 3.09. The van der Waals surface area contributed by atoms with Crippen LogP contribution in [0.5, 0.6) is 0 Å². The van der Waals surface area contributed by atoms with E-state index in [4.69, 9.17) is 16.3 Å². The highest BCUT2D eigenvalue weighted by Gasteiger charge is 2.27. The van der Waals surface area contributed by atoms with E-state index in [1.807, 2.05) is 24.3 Å². The molecule has 2 heterocycles. The molecule has 0 bridgehead atoms. The Kier molecular flexibility index (Phi) is 6.88. The van der Waals surface area contributed by atoms with E-state index in [1.165, 1.54) is 40.5 Å². The zero-order chi connectivity index (χ0) is 21.8. The minimum Gasteiger partial charge on any atom is -0.379 e. The Morgan fingerprint density at radius 3 is 2.55 bits per heavy atom. The third-order valence-electron chi connectivity index (χ3n) is 5.04. The Hall–Kier alpha value is -2.04. The van der Waals surface area contributed by atoms with Gasteiger partial charge < -0.3 is 4.74 Å². The number of benzene rings is 2. The fraction of sp³-hybridized carbons (Fsp3) is 0.333. The molecule has 1 amide bonds. The third-order valence-corrected chi connectivity index (χ3v) is 7.97. The maximum Gasteiger partial charge on any atom is 0.244 e. The van der Waals surface area contributed by atoms with Crippen molar-refractivity contribution in [3.8, 4) is 0 Å². The van der Waals surface area contributed by atoms with Crippen LogP contribution < -0.4 is 4.90 Å². The lowest BCUT2D eigenvalue weighted by molar-refractivity contribution is -0.116. The first kappa shape index (κ1) is 22.2. The van der Waals surface area contributed by atoms with Crippen molar-refractivity contribution in [1.82, 2.24) is 9.88 Å². The lowest BCUT2D eigenvalue weighted by atomic mass is 10.3. The van der Waals surface area contributed by atoms with Gasteiger partial charge in [0.25, 0.3) is 0 Å². The zero-order valence-electron chi connectivity index (χ0n) is 16.7. The molecule has 0 aliphatic carbocycles. The Balaban J connectivity index is 1.57. The number of nitrogens with zero attached hydrogens (tertiary/aromatic N) is 3. The van der Waals surface area contributed by atoms with Crippen molar-refractivity contribution in [2.24, 2.45) is 0 Å². The quantitative estimate of drug-likeness (QED) is 0.518. The summed E-state index contributed by atoms with van der Waals surface area (Å²) < 4.78 is 32.0. The number of aromatic nitrogens is 1. The molecule has 2 aromatic carbocycles. The first-order chi connectivity index (χ1) is 14.9. The molecule has 7 nitrogen and oxygen atoms in total. The first-order valence-corrected chi connectivity index (χ1v) is 12.7. The van der Waals surface area contributed by atoms with Gasteiger partial charge in [-0.05, 0) is 36.4 Å². The van der Waals surface area contributed by atoms with E-state index in [-0.39, 0.29) is 4.90 Å². The van der Waals surface area contributed by atoms with Gasteiger partial charge in [0.1, 0.15) is 5.75 Å². The number of hydrogen-bond acceptors (Lipinski definition) is 7. The molecule has 4 rings (SSSR count). The number of sulfone groups is 1. The van der Waals surface area contributed by atoms with Crippen LogP contribution in [-0.4, -0.2) is 69.4 Å². The van der Waals surface area contributed by atoms with Gasteiger partial charge in [-0.25, -0.2) is 13.4 Å². The van der Waals surface area contributed by atoms with Gasteiger partial charge in [-0.3, -0.25) is 14.6 Å². The molecule has 0 N–H and O–H groups in total. The predicted molar refractivity (Wildman–Crippen MR) is 123 cm³/mol. The number of thiazole rings is 1. The minimum atomic E-state index is -3.81. The highest BCUT2D eigenvalue weighted by molar-refractivity contribution is 7.92. The maximum atomic E-state index is 13.2. The number of halogens is 1. The van der Waals surface area contributed by atoms with Gasteiger partial charge in [0.2, 0.25) is 5.91 Å². The first-order valence-electron chi connectivity index (χ1n) is 9.87. The molecule has 1 fully saturated rings. The Bertz CT molecular complexity index is 1130. The van der Waals surface area contributed by atoms with Gasteiger partial charge in [-0.1, -0.05) is 35.1 Å². The summed E-state index contributed by atoms with van der Waals surface area (Å²) in [5.74, 6) is -1.13. The van der Waals surface area contributed by atoms with Gasteiger partial charge in [0, 0.05) is 31.2 Å². The van der Waals surface area contributed by atoms with E-state index < -0.39 is 21.5 Å². The van der Waals surface area contributed by atoms with E-state index in [0.717, 1.165) is 23.3 Å². The van der Waals surface area contributed by atoms with E-state index >= 15 is 0 Å². The van der Waals surface area contributed by atoms with Crippen molar-refractivity contribution in [3.63, 3.8) is 0 Å². The Morgan fingerprint density at radius 2 is 1.84 bits per heavy atom. The fourth-order valence-electron chi connectivity index (χ4n) is 3.33. The second-order valence-corrected chi connectivity index (χ2v) is 10.6. The third kappa shape index (κ3) is 5.42. The molecule has 31 heavy (non-hydrogen) atoms. The van der Waals surface area contributed by atoms with Crippen LogP contribution in [-0.2, 0) is 19.4 Å². The summed E-state index contributed by atoms with van der Waals surface area (Å²) in [5, 5.41) is 0.942. The number of carbonyl (C=O) groups excluding carboxylic acids is 1. The zero-order valence-corrected chi connectivity index (χ0v) is 19.1. The van der Waals surface area contributed by atoms with Gasteiger partial charge in [0.15, 0.2) is 15.0 Å². The van der Waals surface area contributed by atoms with Gasteiger partial charge in [-0.15, -0.1) is 0 Å². The second kappa shape index (κ2) is 9.62. The topological polar surface area (TPSA) is 79.8 Å². The molecule has 3 aromatic rings.